The number of hydrogen-bond donors (Lipinski definition) is 0. The maximum Gasteiger partial charge on any atom is 0.348 e. The largest absolute Gasteiger partial charge is 0.574 e. The van der Waals surface area contributed by atoms with E-state index in [9.17, 15) is 34.2 Å². The lowest BCUT2D eigenvalue weighted by Crippen LogP contribution is -2.55. The Bertz CT molecular complexity index is 1320. The molecule has 226 valence electrons. The van der Waals surface area contributed by atoms with E-state index in [-0.39, 0.29) is 50.7 Å². The Morgan fingerprint density at radius 1 is 0.810 bits per heavy atom. The molecule has 42 heavy (non-hydrogen) atoms. The average molecular weight is 589 g/mol. The molecule has 2 spiro atoms. The van der Waals surface area contributed by atoms with Crippen molar-refractivity contribution >= 4 is 29.8 Å². The van der Waals surface area contributed by atoms with Crippen LogP contribution in [0.1, 0.15) is 59.3 Å². The van der Waals surface area contributed by atoms with E-state index in [1.807, 2.05) is 0 Å². The number of hydrogen-bond acceptors (Lipinski definition) is 14. The highest BCUT2D eigenvalue weighted by Gasteiger charge is 2.53. The lowest BCUT2D eigenvalue weighted by molar-refractivity contribution is -0.407. The Morgan fingerprint density at radius 2 is 1.40 bits per heavy atom. The van der Waals surface area contributed by atoms with Gasteiger partial charge < -0.3 is 43.4 Å². The highest BCUT2D eigenvalue weighted by atomic mass is 16.8. The summed E-state index contributed by atoms with van der Waals surface area (Å²) >= 11 is 0. The summed E-state index contributed by atoms with van der Waals surface area (Å²) in [5, 5.41) is 24.3. The predicted molar refractivity (Wildman–Crippen MR) is 131 cm³/mol. The van der Waals surface area contributed by atoms with Gasteiger partial charge in [-0.1, -0.05) is 18.2 Å². The predicted octanol–water partition coefficient (Wildman–Crippen LogP) is 0.462. The minimum Gasteiger partial charge on any atom is -0.574 e. The van der Waals surface area contributed by atoms with Crippen LogP contribution in [0.3, 0.4) is 0 Å². The number of allylic oxidation sites excluding steroid dienone is 4. The lowest BCUT2D eigenvalue weighted by atomic mass is 9.87. The first-order chi connectivity index (χ1) is 19.8. The van der Waals surface area contributed by atoms with Crippen LogP contribution >= 0.6 is 0 Å². The fourth-order valence-electron chi connectivity index (χ4n) is 4.48. The number of ether oxygens (including phenoxy) is 7. The maximum absolute atomic E-state index is 12.6. The zero-order valence-corrected chi connectivity index (χ0v) is 23.1. The van der Waals surface area contributed by atoms with Crippen molar-refractivity contribution in [3.63, 3.8) is 0 Å². The van der Waals surface area contributed by atoms with E-state index in [0.717, 1.165) is 12.2 Å². The molecule has 0 aromatic heterocycles. The summed E-state index contributed by atoms with van der Waals surface area (Å²) in [5.41, 5.74) is -0.998. The second-order valence-electron chi connectivity index (χ2n) is 9.96. The van der Waals surface area contributed by atoms with E-state index in [4.69, 9.17) is 33.2 Å². The van der Waals surface area contributed by atoms with E-state index in [2.05, 4.69) is 0 Å². The van der Waals surface area contributed by atoms with Crippen molar-refractivity contribution in [3.8, 4) is 0 Å². The summed E-state index contributed by atoms with van der Waals surface area (Å²) in [6.07, 6.45) is 5.72. The molecule has 1 saturated carbocycles. The highest BCUT2D eigenvalue weighted by Crippen LogP contribution is 2.45. The average Bonchev–Trinajstić information content (AvgIpc) is 2.91. The first kappa shape index (κ1) is 30.2. The van der Waals surface area contributed by atoms with E-state index < -0.39 is 70.2 Å². The Kier molecular flexibility index (Phi) is 8.36. The molecule has 3 aliphatic heterocycles. The van der Waals surface area contributed by atoms with Crippen molar-refractivity contribution in [2.24, 2.45) is 0 Å². The van der Waals surface area contributed by atoms with Crippen LogP contribution in [0.25, 0.3) is 0 Å². The Labute approximate surface area is 239 Å². The molecule has 0 N–H and O–H groups in total. The van der Waals surface area contributed by atoms with E-state index in [1.54, 1.807) is 6.92 Å². The van der Waals surface area contributed by atoms with Crippen molar-refractivity contribution < 1.29 is 67.3 Å². The molecule has 0 amide bonds. The number of carbonyl (C=O) groups excluding carboxylic acids is 5. The molecule has 2 fully saturated rings. The van der Waals surface area contributed by atoms with E-state index in [0.29, 0.717) is 0 Å². The standard InChI is InChI=1S/C28H30O14/c1-4-36-19(29)10-11-26(3)37-22(32)17(23(33)38-26)8-6-5-7-9-18-24(34)41-28(42-25(18)35)14-12-27(13-15-28)39-20(30)16(2)21(31)40-27/h5-9,30,32H,4,10-15H2,1-3H3/p-2/b7-5+,8-6+,18-9?. The second kappa shape index (κ2) is 11.6. The first-order valence-electron chi connectivity index (χ1n) is 13.1. The zero-order valence-electron chi connectivity index (χ0n) is 23.1. The van der Waals surface area contributed by atoms with Gasteiger partial charge in [0, 0.05) is 32.1 Å². The van der Waals surface area contributed by atoms with E-state index >= 15 is 0 Å². The molecule has 0 aromatic rings. The topological polar surface area (TPSA) is 196 Å². The van der Waals surface area contributed by atoms with Crippen molar-refractivity contribution in [3.05, 3.63) is 59.0 Å². The molecule has 4 aliphatic rings. The van der Waals surface area contributed by atoms with Crippen LogP contribution in [0, 0.1) is 0 Å². The molecule has 1 saturated heterocycles. The van der Waals surface area contributed by atoms with Crippen LogP contribution in [0.5, 0.6) is 0 Å². The second-order valence-corrected chi connectivity index (χ2v) is 9.96. The minimum atomic E-state index is -1.63. The molecule has 1 aliphatic carbocycles. The van der Waals surface area contributed by atoms with Crippen molar-refractivity contribution in [1.29, 1.82) is 0 Å². The normalized spacial score (nSPS) is 29.7. The first-order valence-corrected chi connectivity index (χ1v) is 13.1. The molecule has 1 unspecified atom stereocenters. The molecular formula is C28H28O14-2. The van der Waals surface area contributed by atoms with Crippen LogP contribution in [-0.2, 0) is 57.1 Å². The zero-order chi connectivity index (χ0) is 30.7. The fraction of sp³-hybridized carbons (Fsp3) is 0.464. The molecule has 14 heteroatoms. The molecule has 1 atom stereocenters. The van der Waals surface area contributed by atoms with Gasteiger partial charge in [-0.2, -0.15) is 0 Å². The Hall–Kier alpha value is -4.75. The van der Waals surface area contributed by atoms with Crippen molar-refractivity contribution in [1.82, 2.24) is 0 Å². The number of esters is 5. The van der Waals surface area contributed by atoms with Crippen LogP contribution < -0.4 is 10.2 Å². The summed E-state index contributed by atoms with van der Waals surface area (Å²) in [6.45, 7) is 4.47. The quantitative estimate of drug-likeness (QED) is 0.131. The van der Waals surface area contributed by atoms with Crippen LogP contribution in [-0.4, -0.2) is 53.8 Å². The summed E-state index contributed by atoms with van der Waals surface area (Å²) in [5.74, 6) is -10.7. The van der Waals surface area contributed by atoms with Crippen LogP contribution in [0.2, 0.25) is 0 Å². The van der Waals surface area contributed by atoms with Gasteiger partial charge in [-0.25, -0.2) is 19.2 Å². The number of rotatable bonds is 7. The number of cyclic esters (lactones) is 1. The molecular weight excluding hydrogens is 560 g/mol. The maximum atomic E-state index is 12.6. The van der Waals surface area contributed by atoms with Gasteiger partial charge in [0.1, 0.15) is 5.57 Å². The van der Waals surface area contributed by atoms with E-state index in [1.165, 1.54) is 32.1 Å². The van der Waals surface area contributed by atoms with Gasteiger partial charge in [-0.15, -0.1) is 0 Å². The van der Waals surface area contributed by atoms with Gasteiger partial charge >= 0.3 is 29.8 Å². The smallest absolute Gasteiger partial charge is 0.348 e. The minimum absolute atomic E-state index is 0.0453. The van der Waals surface area contributed by atoms with Gasteiger partial charge in [0.2, 0.25) is 0 Å². The third-order valence-corrected chi connectivity index (χ3v) is 6.83. The van der Waals surface area contributed by atoms with Crippen molar-refractivity contribution in [2.75, 3.05) is 6.61 Å². The SMILES string of the molecule is CCOC(=O)CCC1(C)OC(=O)C(/C=C/C=C/C=C2C(=O)OC3(CCC4(CC3)OC(=O)C(C)=C([O-])O4)OC2=O)=C([O-])O1. The Morgan fingerprint density at radius 3 is 1.98 bits per heavy atom. The van der Waals surface area contributed by atoms with Crippen LogP contribution in [0.15, 0.2) is 59.0 Å². The Balaban J connectivity index is 1.33. The molecule has 0 bridgehead atoms. The molecule has 14 nitrogen and oxygen atoms in total. The van der Waals surface area contributed by atoms with Gasteiger partial charge in [-0.3, -0.25) is 4.79 Å². The number of carbonyl (C=O) groups is 5. The fourth-order valence-corrected chi connectivity index (χ4v) is 4.48. The lowest BCUT2D eigenvalue weighted by Gasteiger charge is -2.50. The molecule has 0 radical (unpaired) electrons. The highest BCUT2D eigenvalue weighted by molar-refractivity contribution is 6.15. The van der Waals surface area contributed by atoms with Gasteiger partial charge in [0.15, 0.2) is 11.6 Å². The van der Waals surface area contributed by atoms with Crippen molar-refractivity contribution in [2.45, 2.75) is 76.7 Å². The molecule has 4 rings (SSSR count). The van der Waals surface area contributed by atoms with Gasteiger partial charge in [-0.05, 0) is 32.9 Å². The van der Waals surface area contributed by atoms with Gasteiger partial charge in [0.25, 0.3) is 5.79 Å². The van der Waals surface area contributed by atoms with Crippen LogP contribution in [0.4, 0.5) is 0 Å². The third-order valence-electron chi connectivity index (χ3n) is 6.83. The third kappa shape index (κ3) is 6.42. The summed E-state index contributed by atoms with van der Waals surface area (Å²) in [7, 11) is 0. The summed E-state index contributed by atoms with van der Waals surface area (Å²) in [6, 6.07) is 0. The molecule has 3 heterocycles. The monoisotopic (exact) mass is 588 g/mol. The molecule has 0 aromatic carbocycles. The van der Waals surface area contributed by atoms with Gasteiger partial charge in [0.05, 0.1) is 36.1 Å². The summed E-state index contributed by atoms with van der Waals surface area (Å²) in [4.78, 5) is 61.1. The summed E-state index contributed by atoms with van der Waals surface area (Å²) < 4.78 is 36.6.